The van der Waals surface area contributed by atoms with Gasteiger partial charge in [-0.2, -0.15) is 0 Å². The zero-order valence-electron chi connectivity index (χ0n) is 11.8. The van der Waals surface area contributed by atoms with Crippen molar-refractivity contribution in [2.45, 2.75) is 32.5 Å². The summed E-state index contributed by atoms with van der Waals surface area (Å²) < 4.78 is 3.92. The highest BCUT2D eigenvalue weighted by atomic mass is 35.5. The summed E-state index contributed by atoms with van der Waals surface area (Å²) in [6.45, 7) is 3.41. The second-order valence-electron chi connectivity index (χ2n) is 5.04. The van der Waals surface area contributed by atoms with Gasteiger partial charge in [0.15, 0.2) is 0 Å². The molecular formula is C15H17ClN4O. The molecular weight excluding hydrogens is 288 g/mol. The lowest BCUT2D eigenvalue weighted by Crippen LogP contribution is -2.07. The van der Waals surface area contributed by atoms with Crippen molar-refractivity contribution in [1.29, 1.82) is 0 Å². The number of aryl methyl sites for hydroxylation is 2. The maximum absolute atomic E-state index is 9.73. The third kappa shape index (κ3) is 2.94. The largest absolute Gasteiger partial charge is 0.387 e. The van der Waals surface area contributed by atoms with E-state index in [1.807, 2.05) is 31.3 Å². The van der Waals surface area contributed by atoms with Crippen molar-refractivity contribution in [2.24, 2.45) is 0 Å². The van der Waals surface area contributed by atoms with Crippen LogP contribution in [0.15, 0.2) is 36.7 Å². The van der Waals surface area contributed by atoms with Gasteiger partial charge in [0.2, 0.25) is 0 Å². The SMILES string of the molecule is CCC(O)c1cn(CCn2ccc3cc(Cl)ccc32)nn1. The van der Waals surface area contributed by atoms with E-state index in [1.165, 1.54) is 0 Å². The molecule has 0 aliphatic rings. The van der Waals surface area contributed by atoms with Gasteiger partial charge in [-0.3, -0.25) is 4.68 Å². The van der Waals surface area contributed by atoms with E-state index in [4.69, 9.17) is 11.6 Å². The van der Waals surface area contributed by atoms with Crippen molar-refractivity contribution >= 4 is 22.5 Å². The first kappa shape index (κ1) is 14.1. The molecule has 2 heterocycles. The molecule has 0 bridgehead atoms. The summed E-state index contributed by atoms with van der Waals surface area (Å²) in [5, 5.41) is 19.6. The number of benzene rings is 1. The highest BCUT2D eigenvalue weighted by Gasteiger charge is 2.09. The minimum Gasteiger partial charge on any atom is -0.387 e. The van der Waals surface area contributed by atoms with E-state index in [1.54, 1.807) is 10.9 Å². The molecule has 3 rings (SSSR count). The second-order valence-corrected chi connectivity index (χ2v) is 5.48. The van der Waals surface area contributed by atoms with Crippen molar-refractivity contribution in [2.75, 3.05) is 0 Å². The first-order valence-electron chi connectivity index (χ1n) is 7.00. The lowest BCUT2D eigenvalue weighted by Gasteiger charge is -2.05. The van der Waals surface area contributed by atoms with Crippen LogP contribution in [0.2, 0.25) is 5.02 Å². The van der Waals surface area contributed by atoms with E-state index in [-0.39, 0.29) is 0 Å². The first-order valence-corrected chi connectivity index (χ1v) is 7.37. The Kier molecular flexibility index (Phi) is 3.94. The standard InChI is InChI=1S/C15H17ClN4O/c1-2-15(21)13-10-20(18-17-13)8-7-19-6-5-11-9-12(16)3-4-14(11)19/h3-6,9-10,15,21H,2,7-8H2,1H3. The number of aliphatic hydroxyl groups excluding tert-OH is 1. The number of fused-ring (bicyclic) bond motifs is 1. The lowest BCUT2D eigenvalue weighted by molar-refractivity contribution is 0.168. The number of hydrogen-bond acceptors (Lipinski definition) is 3. The highest BCUT2D eigenvalue weighted by molar-refractivity contribution is 6.31. The van der Waals surface area contributed by atoms with Crippen LogP contribution in [-0.2, 0) is 13.1 Å². The van der Waals surface area contributed by atoms with Gasteiger partial charge in [-0.15, -0.1) is 5.10 Å². The molecule has 0 saturated carbocycles. The maximum atomic E-state index is 9.73. The van der Waals surface area contributed by atoms with Gasteiger partial charge in [0.1, 0.15) is 5.69 Å². The molecule has 0 spiro atoms. The Morgan fingerprint density at radius 2 is 2.14 bits per heavy atom. The maximum Gasteiger partial charge on any atom is 0.111 e. The van der Waals surface area contributed by atoms with Crippen LogP contribution < -0.4 is 0 Å². The zero-order chi connectivity index (χ0) is 14.8. The number of hydrogen-bond donors (Lipinski definition) is 1. The number of halogens is 1. The van der Waals surface area contributed by atoms with Gasteiger partial charge < -0.3 is 9.67 Å². The Labute approximate surface area is 127 Å². The van der Waals surface area contributed by atoms with Crippen molar-refractivity contribution in [3.05, 3.63) is 47.4 Å². The molecule has 110 valence electrons. The Hall–Kier alpha value is -1.85. The molecule has 0 amide bonds. The average Bonchev–Trinajstić information content (AvgIpc) is 3.10. The van der Waals surface area contributed by atoms with Gasteiger partial charge in [-0.1, -0.05) is 23.7 Å². The van der Waals surface area contributed by atoms with E-state index in [0.29, 0.717) is 18.7 Å². The van der Waals surface area contributed by atoms with Gasteiger partial charge in [-0.05, 0) is 30.7 Å². The van der Waals surface area contributed by atoms with E-state index in [2.05, 4.69) is 20.9 Å². The molecule has 0 aliphatic heterocycles. The molecule has 1 unspecified atom stereocenters. The fourth-order valence-corrected chi connectivity index (χ4v) is 2.54. The van der Waals surface area contributed by atoms with E-state index >= 15 is 0 Å². The normalized spacial score (nSPS) is 12.9. The summed E-state index contributed by atoms with van der Waals surface area (Å²) in [6, 6.07) is 7.92. The summed E-state index contributed by atoms with van der Waals surface area (Å²) in [6.07, 6.45) is 3.95. The fraction of sp³-hybridized carbons (Fsp3) is 0.333. The van der Waals surface area contributed by atoms with Crippen LogP contribution >= 0.6 is 11.6 Å². The summed E-state index contributed by atoms with van der Waals surface area (Å²) in [4.78, 5) is 0. The van der Waals surface area contributed by atoms with Gasteiger partial charge in [0.05, 0.1) is 18.8 Å². The van der Waals surface area contributed by atoms with Crippen molar-refractivity contribution in [3.63, 3.8) is 0 Å². The molecule has 1 atom stereocenters. The summed E-state index contributed by atoms with van der Waals surface area (Å²) in [7, 11) is 0. The van der Waals surface area contributed by atoms with Gasteiger partial charge in [0, 0.05) is 28.7 Å². The smallest absolute Gasteiger partial charge is 0.111 e. The first-order chi connectivity index (χ1) is 10.2. The molecule has 21 heavy (non-hydrogen) atoms. The third-order valence-electron chi connectivity index (χ3n) is 3.59. The summed E-state index contributed by atoms with van der Waals surface area (Å²) >= 11 is 5.99. The van der Waals surface area contributed by atoms with Gasteiger partial charge in [-0.25, -0.2) is 0 Å². The van der Waals surface area contributed by atoms with Crippen molar-refractivity contribution in [1.82, 2.24) is 19.6 Å². The molecule has 2 aromatic heterocycles. The lowest BCUT2D eigenvalue weighted by atomic mass is 10.2. The summed E-state index contributed by atoms with van der Waals surface area (Å²) in [5.74, 6) is 0. The van der Waals surface area contributed by atoms with E-state index < -0.39 is 6.10 Å². The Balaban J connectivity index is 1.73. The van der Waals surface area contributed by atoms with Gasteiger partial charge >= 0.3 is 0 Å². The van der Waals surface area contributed by atoms with Crippen LogP contribution in [0.3, 0.4) is 0 Å². The van der Waals surface area contributed by atoms with Crippen LogP contribution in [0.4, 0.5) is 0 Å². The predicted molar refractivity (Wildman–Crippen MR) is 82.2 cm³/mol. The molecule has 0 aliphatic carbocycles. The Morgan fingerprint density at radius 1 is 1.29 bits per heavy atom. The molecule has 0 saturated heterocycles. The molecule has 6 heteroatoms. The molecule has 3 aromatic rings. The second kappa shape index (κ2) is 5.87. The minimum atomic E-state index is -0.534. The highest BCUT2D eigenvalue weighted by Crippen LogP contribution is 2.20. The van der Waals surface area contributed by atoms with E-state index in [9.17, 15) is 5.11 Å². The Morgan fingerprint density at radius 3 is 2.95 bits per heavy atom. The van der Waals surface area contributed by atoms with Crippen LogP contribution in [-0.4, -0.2) is 24.7 Å². The predicted octanol–water partition coefficient (Wildman–Crippen LogP) is 3.03. The number of aliphatic hydroxyl groups is 1. The molecule has 5 nitrogen and oxygen atoms in total. The Bertz CT molecular complexity index is 749. The van der Waals surface area contributed by atoms with E-state index in [0.717, 1.165) is 22.5 Å². The minimum absolute atomic E-state index is 0.534. The topological polar surface area (TPSA) is 55.9 Å². The fourth-order valence-electron chi connectivity index (χ4n) is 2.36. The van der Waals surface area contributed by atoms with Crippen LogP contribution in [0.5, 0.6) is 0 Å². The van der Waals surface area contributed by atoms with Crippen molar-refractivity contribution in [3.8, 4) is 0 Å². The van der Waals surface area contributed by atoms with Crippen molar-refractivity contribution < 1.29 is 5.11 Å². The average molecular weight is 305 g/mol. The number of aromatic nitrogens is 4. The molecule has 0 radical (unpaired) electrons. The summed E-state index contributed by atoms with van der Waals surface area (Å²) in [5.41, 5.74) is 1.77. The molecule has 0 fully saturated rings. The zero-order valence-corrected chi connectivity index (χ0v) is 12.5. The molecule has 1 N–H and O–H groups in total. The van der Waals surface area contributed by atoms with Crippen LogP contribution in [0, 0.1) is 0 Å². The van der Waals surface area contributed by atoms with Gasteiger partial charge in [0.25, 0.3) is 0 Å². The molecule has 1 aromatic carbocycles. The van der Waals surface area contributed by atoms with Crippen LogP contribution in [0.25, 0.3) is 10.9 Å². The monoisotopic (exact) mass is 304 g/mol. The number of nitrogens with zero attached hydrogens (tertiary/aromatic N) is 4. The van der Waals surface area contributed by atoms with Crippen LogP contribution in [0.1, 0.15) is 25.1 Å². The third-order valence-corrected chi connectivity index (χ3v) is 3.82. The quantitative estimate of drug-likeness (QED) is 0.788. The number of rotatable bonds is 5.